The number of halogens is 3. The summed E-state index contributed by atoms with van der Waals surface area (Å²) in [6, 6.07) is 17.0. The Kier molecular flexibility index (Phi) is 10.6. The second-order valence-corrected chi connectivity index (χ2v) is 14.0. The van der Waals surface area contributed by atoms with Gasteiger partial charge in [-0.1, -0.05) is 52.0 Å². The van der Waals surface area contributed by atoms with Crippen molar-refractivity contribution in [3.05, 3.63) is 83.3 Å². The second-order valence-electron chi connectivity index (χ2n) is 14.0. The summed E-state index contributed by atoms with van der Waals surface area (Å²) in [5, 5.41) is 13.1. The van der Waals surface area contributed by atoms with Crippen LogP contribution in [0.15, 0.2) is 60.8 Å². The highest BCUT2D eigenvalue weighted by Crippen LogP contribution is 2.39. The number of benzene rings is 2. The molecule has 0 radical (unpaired) electrons. The minimum absolute atomic E-state index is 0.0199. The van der Waals surface area contributed by atoms with Crippen molar-refractivity contribution in [1.29, 1.82) is 0 Å². The fourth-order valence-corrected chi connectivity index (χ4v) is 5.42. The highest BCUT2D eigenvalue weighted by atomic mass is 19.4. The Morgan fingerprint density at radius 1 is 0.896 bits per heavy atom. The quantitative estimate of drug-likeness (QED) is 0.216. The van der Waals surface area contributed by atoms with Crippen LogP contribution in [0.1, 0.15) is 95.8 Å². The van der Waals surface area contributed by atoms with Gasteiger partial charge in [0.15, 0.2) is 11.5 Å². The molecule has 1 aliphatic carbocycles. The molecule has 12 heteroatoms. The van der Waals surface area contributed by atoms with Gasteiger partial charge in [0.1, 0.15) is 11.9 Å². The molecule has 0 bridgehead atoms. The van der Waals surface area contributed by atoms with E-state index >= 15 is 0 Å². The third-order valence-electron chi connectivity index (χ3n) is 8.69. The van der Waals surface area contributed by atoms with Gasteiger partial charge in [-0.2, -0.15) is 13.2 Å². The Hall–Kier alpha value is -4.45. The van der Waals surface area contributed by atoms with Crippen LogP contribution < -0.4 is 15.4 Å². The lowest BCUT2D eigenvalue weighted by Gasteiger charge is -2.31. The van der Waals surface area contributed by atoms with E-state index in [-0.39, 0.29) is 28.7 Å². The summed E-state index contributed by atoms with van der Waals surface area (Å²) in [7, 11) is 4.11. The Bertz CT molecular complexity index is 1770. The summed E-state index contributed by atoms with van der Waals surface area (Å²) in [6.45, 7) is 13.5. The van der Waals surface area contributed by atoms with E-state index in [0.717, 1.165) is 30.1 Å². The number of carbonyl (C=O) groups is 2. The average Bonchev–Trinajstić information content (AvgIpc) is 3.42. The van der Waals surface area contributed by atoms with Gasteiger partial charge in [0, 0.05) is 18.3 Å². The number of amides is 2. The minimum Gasteiger partial charge on any atom is -0.484 e. The van der Waals surface area contributed by atoms with Crippen molar-refractivity contribution in [2.45, 2.75) is 90.5 Å². The predicted octanol–water partition coefficient (Wildman–Crippen LogP) is 7.99. The van der Waals surface area contributed by atoms with Gasteiger partial charge in [-0.3, -0.25) is 18.9 Å². The largest absolute Gasteiger partial charge is 0.484 e. The summed E-state index contributed by atoms with van der Waals surface area (Å²) in [4.78, 5) is 24.2. The van der Waals surface area contributed by atoms with Gasteiger partial charge in [-0.05, 0) is 99.1 Å². The highest BCUT2D eigenvalue weighted by Gasteiger charge is 2.39. The van der Waals surface area contributed by atoms with E-state index in [4.69, 9.17) is 4.74 Å². The molecule has 2 aromatic heterocycles. The topological polar surface area (TPSA) is 101 Å². The lowest BCUT2D eigenvalue weighted by Crippen LogP contribution is -2.37. The van der Waals surface area contributed by atoms with E-state index < -0.39 is 12.1 Å². The molecule has 2 atom stereocenters. The third kappa shape index (κ3) is 8.52. The number of nitrogens with zero attached hydrogens (tertiary/aromatic N) is 4. The Balaban J connectivity index is 0.000000225. The van der Waals surface area contributed by atoms with Gasteiger partial charge in [0.25, 0.3) is 0 Å². The number of carbonyl (C=O) groups excluding carboxylic acids is 2. The molecule has 0 saturated heterocycles. The monoisotopic (exact) mass is 666 g/mol. The van der Waals surface area contributed by atoms with Gasteiger partial charge in [-0.25, -0.2) is 0 Å². The van der Waals surface area contributed by atoms with Crippen LogP contribution in [0.3, 0.4) is 0 Å². The number of pyridine rings is 1. The van der Waals surface area contributed by atoms with Crippen LogP contribution in [0.2, 0.25) is 0 Å². The molecule has 0 aliphatic heterocycles. The van der Waals surface area contributed by atoms with Gasteiger partial charge >= 0.3 is 12.1 Å². The number of hydrogen-bond acceptors (Lipinski definition) is 6. The Morgan fingerprint density at radius 2 is 1.52 bits per heavy atom. The molecule has 0 fully saturated rings. The molecular weight excluding hydrogens is 621 g/mol. The molecule has 258 valence electrons. The SMILES string of the molecule is CC(=O)Nc1cc(NC(=O)C(F)(F)F)cc(C(C)(C)C)c1.CC1CCC(Oc2ccc3nnc(C(C)(C)N(C)C)n3c2)c2ccccc21. The summed E-state index contributed by atoms with van der Waals surface area (Å²) in [5.41, 5.74) is 3.97. The number of fused-ring (bicyclic) bond motifs is 2. The Morgan fingerprint density at radius 3 is 2.10 bits per heavy atom. The van der Waals surface area contributed by atoms with Crippen LogP contribution in [-0.2, 0) is 20.5 Å². The summed E-state index contributed by atoms with van der Waals surface area (Å²) in [6.07, 6.45) is -0.663. The summed E-state index contributed by atoms with van der Waals surface area (Å²) in [5.74, 6) is -0.0524. The van der Waals surface area contributed by atoms with Gasteiger partial charge in [-0.15, -0.1) is 10.2 Å². The van der Waals surface area contributed by atoms with Crippen molar-refractivity contribution in [1.82, 2.24) is 19.5 Å². The molecule has 2 N–H and O–H groups in total. The van der Waals surface area contributed by atoms with Crippen molar-refractivity contribution >= 4 is 28.8 Å². The van der Waals surface area contributed by atoms with Crippen LogP contribution in [0.5, 0.6) is 5.75 Å². The number of rotatable bonds is 6. The highest BCUT2D eigenvalue weighted by molar-refractivity contribution is 5.96. The van der Waals surface area contributed by atoms with E-state index in [0.29, 0.717) is 17.2 Å². The molecule has 2 heterocycles. The first-order valence-corrected chi connectivity index (χ1v) is 15.9. The lowest BCUT2D eigenvalue weighted by molar-refractivity contribution is -0.167. The molecule has 4 aromatic rings. The molecule has 0 saturated carbocycles. The fourth-order valence-electron chi connectivity index (χ4n) is 5.42. The lowest BCUT2D eigenvalue weighted by atomic mass is 9.82. The van der Waals surface area contributed by atoms with Gasteiger partial charge in [0.2, 0.25) is 5.91 Å². The van der Waals surface area contributed by atoms with E-state index in [2.05, 4.69) is 79.5 Å². The zero-order valence-electron chi connectivity index (χ0n) is 29.0. The first-order chi connectivity index (χ1) is 22.3. The zero-order valence-corrected chi connectivity index (χ0v) is 29.0. The van der Waals surface area contributed by atoms with Crippen molar-refractivity contribution in [3.63, 3.8) is 0 Å². The van der Waals surface area contributed by atoms with Crippen molar-refractivity contribution < 1.29 is 27.5 Å². The van der Waals surface area contributed by atoms with E-state index in [1.807, 2.05) is 43.5 Å². The number of hydrogen-bond donors (Lipinski definition) is 2. The number of anilines is 2. The van der Waals surface area contributed by atoms with Crippen LogP contribution in [0.4, 0.5) is 24.5 Å². The number of alkyl halides is 3. The van der Waals surface area contributed by atoms with E-state index in [9.17, 15) is 22.8 Å². The van der Waals surface area contributed by atoms with Crippen LogP contribution in [0.25, 0.3) is 5.65 Å². The number of aromatic nitrogens is 3. The normalized spacial score (nSPS) is 16.5. The van der Waals surface area contributed by atoms with Crippen molar-refractivity contribution in [3.8, 4) is 5.75 Å². The second kappa shape index (κ2) is 14.0. The van der Waals surface area contributed by atoms with E-state index in [1.54, 1.807) is 11.4 Å². The zero-order chi connectivity index (χ0) is 35.6. The maximum absolute atomic E-state index is 12.3. The molecule has 1 aliphatic rings. The van der Waals surface area contributed by atoms with E-state index in [1.165, 1.54) is 30.2 Å². The smallest absolute Gasteiger partial charge is 0.471 e. The van der Waals surface area contributed by atoms with Crippen molar-refractivity contribution in [2.24, 2.45) is 0 Å². The molecule has 5 rings (SSSR count). The van der Waals surface area contributed by atoms with Crippen LogP contribution in [-0.4, -0.2) is 51.6 Å². The third-order valence-corrected chi connectivity index (χ3v) is 8.69. The first-order valence-electron chi connectivity index (χ1n) is 15.9. The molecule has 2 aromatic carbocycles. The molecule has 2 amide bonds. The maximum atomic E-state index is 12.3. The average molecular weight is 667 g/mol. The predicted molar refractivity (Wildman–Crippen MR) is 181 cm³/mol. The fraction of sp³-hybridized carbons (Fsp3) is 0.444. The summed E-state index contributed by atoms with van der Waals surface area (Å²) >= 11 is 0. The Labute approximate surface area is 279 Å². The number of nitrogens with one attached hydrogen (secondary N) is 2. The van der Waals surface area contributed by atoms with Crippen molar-refractivity contribution in [2.75, 3.05) is 24.7 Å². The molecular formula is C36H45F3N6O3. The molecule has 2 unspecified atom stereocenters. The molecule has 48 heavy (non-hydrogen) atoms. The minimum atomic E-state index is -4.97. The van der Waals surface area contributed by atoms with Crippen LogP contribution in [0, 0.1) is 0 Å². The molecule has 0 spiro atoms. The van der Waals surface area contributed by atoms with Crippen LogP contribution >= 0.6 is 0 Å². The number of ether oxygens (including phenoxy) is 1. The van der Waals surface area contributed by atoms with Gasteiger partial charge < -0.3 is 15.4 Å². The summed E-state index contributed by atoms with van der Waals surface area (Å²) < 4.78 is 45.4. The standard InChI is InChI=1S/C22H28N4O.C14H17F3N2O2/c1-15-10-12-19(18-9-7-6-8-17(15)18)27-16-11-13-20-23-24-21(26(20)14-16)22(2,3)25(4)5;1-8(20)18-10-5-9(13(2,3)4)6-11(7-10)19-12(21)14(15,16)17/h6-9,11,13-15,19H,10,12H2,1-5H3;5-7H,1-4H3,(H,18,20)(H,19,21). The maximum Gasteiger partial charge on any atom is 0.471 e. The first kappa shape index (κ1) is 36.4. The molecule has 9 nitrogen and oxygen atoms in total. The van der Waals surface area contributed by atoms with Gasteiger partial charge in [0.05, 0.1) is 11.7 Å².